The number of H-pyrrole nitrogens is 1. The van der Waals surface area contributed by atoms with Crippen molar-refractivity contribution in [2.75, 3.05) is 13.2 Å². The highest BCUT2D eigenvalue weighted by Gasteiger charge is 2.08. The summed E-state index contributed by atoms with van der Waals surface area (Å²) >= 11 is 0. The third kappa shape index (κ3) is 4.58. The molecule has 0 saturated heterocycles. The van der Waals surface area contributed by atoms with Gasteiger partial charge in [0.25, 0.3) is 5.91 Å². The molecule has 0 bridgehead atoms. The van der Waals surface area contributed by atoms with Crippen LogP contribution in [0.15, 0.2) is 60.7 Å². The van der Waals surface area contributed by atoms with Gasteiger partial charge >= 0.3 is 0 Å². The number of rotatable bonds is 7. The zero-order chi connectivity index (χ0) is 18.4. The van der Waals surface area contributed by atoms with Crippen LogP contribution in [0.25, 0.3) is 22.5 Å². The Labute approximate surface area is 153 Å². The van der Waals surface area contributed by atoms with Gasteiger partial charge in [0.1, 0.15) is 0 Å². The maximum atomic E-state index is 12.1. The van der Waals surface area contributed by atoms with E-state index in [1.807, 2.05) is 74.5 Å². The summed E-state index contributed by atoms with van der Waals surface area (Å²) in [6.07, 6.45) is 0.168. The normalized spacial score (nSPS) is 10.9. The fourth-order valence-corrected chi connectivity index (χ4v) is 2.59. The summed E-state index contributed by atoms with van der Waals surface area (Å²) in [4.78, 5) is 12.1. The molecule has 2 aromatic carbocycles. The lowest BCUT2D eigenvalue weighted by Crippen LogP contribution is -2.27. The van der Waals surface area contributed by atoms with E-state index in [2.05, 4.69) is 15.5 Å². The van der Waals surface area contributed by atoms with E-state index in [0.717, 1.165) is 22.5 Å². The second-order valence-corrected chi connectivity index (χ2v) is 6.29. The van der Waals surface area contributed by atoms with Gasteiger partial charge in [0.15, 0.2) is 0 Å². The third-order valence-electron chi connectivity index (χ3n) is 3.94. The van der Waals surface area contributed by atoms with Crippen LogP contribution < -0.4 is 5.32 Å². The lowest BCUT2D eigenvalue weighted by atomic mass is 10.1. The minimum atomic E-state index is -0.0986. The molecule has 0 atom stereocenters. The van der Waals surface area contributed by atoms with Gasteiger partial charge in [-0.1, -0.05) is 42.5 Å². The number of aromatic nitrogens is 2. The molecule has 0 aliphatic heterocycles. The van der Waals surface area contributed by atoms with Crippen LogP contribution in [0.5, 0.6) is 0 Å². The summed E-state index contributed by atoms with van der Waals surface area (Å²) in [5, 5.41) is 10.3. The van der Waals surface area contributed by atoms with Crippen molar-refractivity contribution in [1.82, 2.24) is 15.5 Å². The van der Waals surface area contributed by atoms with Crippen molar-refractivity contribution in [2.24, 2.45) is 0 Å². The number of carbonyl (C=O) groups is 1. The zero-order valence-corrected chi connectivity index (χ0v) is 15.0. The average Bonchev–Trinajstić information content (AvgIpc) is 3.16. The Kier molecular flexibility index (Phi) is 5.81. The van der Waals surface area contributed by atoms with E-state index >= 15 is 0 Å². The number of nitrogens with one attached hydrogen (secondary N) is 2. The molecular formula is C21H23N3O2. The Balaban J connectivity index is 1.63. The summed E-state index contributed by atoms with van der Waals surface area (Å²) in [7, 11) is 0. The van der Waals surface area contributed by atoms with Crippen molar-refractivity contribution in [3.8, 4) is 22.5 Å². The number of amides is 1. The van der Waals surface area contributed by atoms with Crippen LogP contribution in [0, 0.1) is 0 Å². The van der Waals surface area contributed by atoms with Crippen LogP contribution in [0.4, 0.5) is 0 Å². The number of carbonyl (C=O) groups excluding carboxylic acids is 1. The van der Waals surface area contributed by atoms with Crippen LogP contribution in [0.2, 0.25) is 0 Å². The summed E-state index contributed by atoms with van der Waals surface area (Å²) in [6, 6.07) is 19.5. The van der Waals surface area contributed by atoms with Gasteiger partial charge in [0, 0.05) is 17.7 Å². The molecule has 0 spiro atoms. The number of hydrogen-bond acceptors (Lipinski definition) is 3. The standard InChI is InChI=1S/C21H23N3O2/c1-15(2)26-13-12-22-21(25)18-10-8-17(9-11-18)20-14-19(23-24-20)16-6-4-3-5-7-16/h3-11,14-15H,12-13H2,1-2H3,(H,22,25)(H,23,24). The van der Waals surface area contributed by atoms with Crippen molar-refractivity contribution in [1.29, 1.82) is 0 Å². The molecule has 134 valence electrons. The van der Waals surface area contributed by atoms with E-state index in [1.165, 1.54) is 0 Å². The molecular weight excluding hydrogens is 326 g/mol. The average molecular weight is 349 g/mol. The fourth-order valence-electron chi connectivity index (χ4n) is 2.59. The number of nitrogens with zero attached hydrogens (tertiary/aromatic N) is 1. The van der Waals surface area contributed by atoms with Crippen LogP contribution in [0.1, 0.15) is 24.2 Å². The van der Waals surface area contributed by atoms with Crippen LogP contribution >= 0.6 is 0 Å². The Bertz CT molecular complexity index is 839. The molecule has 0 aliphatic carbocycles. The fraction of sp³-hybridized carbons (Fsp3) is 0.238. The predicted octanol–water partition coefficient (Wildman–Crippen LogP) is 3.90. The molecule has 0 saturated carbocycles. The van der Waals surface area contributed by atoms with Gasteiger partial charge < -0.3 is 10.1 Å². The maximum Gasteiger partial charge on any atom is 0.251 e. The first-order valence-electron chi connectivity index (χ1n) is 8.74. The van der Waals surface area contributed by atoms with E-state index in [-0.39, 0.29) is 12.0 Å². The number of aromatic amines is 1. The Hall–Kier alpha value is -2.92. The molecule has 0 radical (unpaired) electrons. The molecule has 1 heterocycles. The molecule has 1 amide bonds. The number of ether oxygens (including phenoxy) is 1. The molecule has 3 rings (SSSR count). The molecule has 5 heteroatoms. The molecule has 26 heavy (non-hydrogen) atoms. The van der Waals surface area contributed by atoms with Gasteiger partial charge in [-0.05, 0) is 37.6 Å². The van der Waals surface area contributed by atoms with Crippen molar-refractivity contribution in [3.05, 3.63) is 66.2 Å². The van der Waals surface area contributed by atoms with E-state index in [9.17, 15) is 4.79 Å². The van der Waals surface area contributed by atoms with E-state index in [0.29, 0.717) is 18.7 Å². The number of benzene rings is 2. The van der Waals surface area contributed by atoms with Gasteiger partial charge in [0.05, 0.1) is 24.1 Å². The largest absolute Gasteiger partial charge is 0.377 e. The molecule has 5 nitrogen and oxygen atoms in total. The topological polar surface area (TPSA) is 67.0 Å². The van der Waals surface area contributed by atoms with Gasteiger partial charge in [-0.25, -0.2) is 0 Å². The van der Waals surface area contributed by atoms with Crippen LogP contribution in [-0.4, -0.2) is 35.4 Å². The monoisotopic (exact) mass is 349 g/mol. The van der Waals surface area contributed by atoms with Crippen molar-refractivity contribution in [2.45, 2.75) is 20.0 Å². The Morgan fingerprint density at radius 2 is 1.81 bits per heavy atom. The maximum absolute atomic E-state index is 12.1. The Morgan fingerprint density at radius 1 is 1.08 bits per heavy atom. The Morgan fingerprint density at radius 3 is 2.50 bits per heavy atom. The third-order valence-corrected chi connectivity index (χ3v) is 3.94. The SMILES string of the molecule is CC(C)OCCNC(=O)c1ccc(-c2cc(-c3ccccc3)n[nH]2)cc1. The van der Waals surface area contributed by atoms with Crippen LogP contribution in [0.3, 0.4) is 0 Å². The summed E-state index contributed by atoms with van der Waals surface area (Å²) in [5.41, 5.74) is 4.49. The highest BCUT2D eigenvalue weighted by Crippen LogP contribution is 2.23. The summed E-state index contributed by atoms with van der Waals surface area (Å²) < 4.78 is 5.42. The zero-order valence-electron chi connectivity index (χ0n) is 15.0. The number of hydrogen-bond donors (Lipinski definition) is 2. The van der Waals surface area contributed by atoms with Gasteiger partial charge in [0.2, 0.25) is 0 Å². The smallest absolute Gasteiger partial charge is 0.251 e. The summed E-state index contributed by atoms with van der Waals surface area (Å²) in [5.74, 6) is -0.0986. The van der Waals surface area contributed by atoms with Gasteiger partial charge in [-0.15, -0.1) is 0 Å². The minimum absolute atomic E-state index is 0.0986. The van der Waals surface area contributed by atoms with Crippen molar-refractivity contribution in [3.63, 3.8) is 0 Å². The molecule has 0 fully saturated rings. The van der Waals surface area contributed by atoms with E-state index in [4.69, 9.17) is 4.74 Å². The minimum Gasteiger partial charge on any atom is -0.377 e. The first kappa shape index (κ1) is 17.9. The highest BCUT2D eigenvalue weighted by molar-refractivity contribution is 5.94. The summed E-state index contributed by atoms with van der Waals surface area (Å²) in [6.45, 7) is 4.95. The first-order chi connectivity index (χ1) is 12.6. The lowest BCUT2D eigenvalue weighted by Gasteiger charge is -2.09. The lowest BCUT2D eigenvalue weighted by molar-refractivity contribution is 0.0746. The molecule has 0 aliphatic rings. The second-order valence-electron chi connectivity index (χ2n) is 6.29. The van der Waals surface area contributed by atoms with E-state index in [1.54, 1.807) is 0 Å². The second kappa shape index (κ2) is 8.45. The molecule has 3 aromatic rings. The molecule has 1 aromatic heterocycles. The van der Waals surface area contributed by atoms with Crippen molar-refractivity contribution < 1.29 is 9.53 Å². The molecule has 0 unspecified atom stereocenters. The predicted molar refractivity (Wildman–Crippen MR) is 103 cm³/mol. The van der Waals surface area contributed by atoms with Gasteiger partial charge in [-0.3, -0.25) is 9.89 Å². The quantitative estimate of drug-likeness (QED) is 0.636. The highest BCUT2D eigenvalue weighted by atomic mass is 16.5. The van der Waals surface area contributed by atoms with Crippen molar-refractivity contribution >= 4 is 5.91 Å². The van der Waals surface area contributed by atoms with E-state index < -0.39 is 0 Å². The first-order valence-corrected chi connectivity index (χ1v) is 8.74. The van der Waals surface area contributed by atoms with Crippen LogP contribution in [-0.2, 0) is 4.74 Å². The molecule has 2 N–H and O–H groups in total. The van der Waals surface area contributed by atoms with Gasteiger partial charge in [-0.2, -0.15) is 5.10 Å².